The first-order valence-corrected chi connectivity index (χ1v) is 12.7. The van der Waals surface area contributed by atoms with E-state index < -0.39 is 39.4 Å². The van der Waals surface area contributed by atoms with Gasteiger partial charge in [0.05, 0.1) is 21.2 Å². The molecule has 1 amide bonds. The lowest BCUT2D eigenvalue weighted by atomic mass is 10.1. The highest BCUT2D eigenvalue weighted by atomic mass is 35.5. The Balaban J connectivity index is 2.11. The number of halogens is 5. The third-order valence-electron chi connectivity index (χ3n) is 5.17. The van der Waals surface area contributed by atoms with Crippen molar-refractivity contribution in [3.63, 3.8) is 0 Å². The Kier molecular flexibility index (Phi) is 8.37. The Bertz CT molecular complexity index is 1350. The molecule has 1 atom stereocenters. The molecule has 3 rings (SSSR count). The molecule has 3 aromatic rings. The van der Waals surface area contributed by atoms with E-state index in [1.807, 2.05) is 0 Å². The van der Waals surface area contributed by atoms with Crippen LogP contribution in [0.15, 0.2) is 65.7 Å². The summed E-state index contributed by atoms with van der Waals surface area (Å²) in [5, 5.41) is 2.58. The summed E-state index contributed by atoms with van der Waals surface area (Å²) in [6.45, 7) is 1.51. The van der Waals surface area contributed by atoms with Crippen LogP contribution in [-0.4, -0.2) is 25.4 Å². The topological polar surface area (TPSA) is 105 Å². The summed E-state index contributed by atoms with van der Waals surface area (Å²) in [6, 6.07) is 8.97. The summed E-state index contributed by atoms with van der Waals surface area (Å²) in [5.74, 6) is -0.532. The fraction of sp³-hybridized carbons (Fsp3) is 0.217. The van der Waals surface area contributed by atoms with Gasteiger partial charge in [-0.25, -0.2) is 13.4 Å². The van der Waals surface area contributed by atoms with E-state index in [-0.39, 0.29) is 33.7 Å². The zero-order chi connectivity index (χ0) is 26.7. The lowest BCUT2D eigenvalue weighted by Gasteiger charge is -2.32. The molecule has 192 valence electrons. The zero-order valence-corrected chi connectivity index (χ0v) is 21.1. The Morgan fingerprint density at radius 3 is 2.36 bits per heavy atom. The summed E-state index contributed by atoms with van der Waals surface area (Å²) in [6.07, 6.45) is -3.42. The maximum atomic E-state index is 13.7. The summed E-state index contributed by atoms with van der Waals surface area (Å²) in [7, 11) is -4.57. The van der Waals surface area contributed by atoms with Gasteiger partial charge in [-0.3, -0.25) is 9.10 Å². The number of aromatic nitrogens is 1. The highest BCUT2D eigenvalue weighted by molar-refractivity contribution is 7.93. The average Bonchev–Trinajstić information content (AvgIpc) is 2.81. The monoisotopic (exact) mass is 560 g/mol. The molecule has 0 bridgehead atoms. The number of anilines is 2. The Hall–Kier alpha value is -3.02. The van der Waals surface area contributed by atoms with Gasteiger partial charge in [-0.2, -0.15) is 13.2 Å². The Labute approximate surface area is 216 Å². The molecule has 1 heterocycles. The van der Waals surface area contributed by atoms with Crippen molar-refractivity contribution in [2.24, 2.45) is 0 Å². The number of carbonyl (C=O) groups excluding carboxylic acids is 1. The molecule has 3 N–H and O–H groups in total. The fourth-order valence-electron chi connectivity index (χ4n) is 3.41. The SMILES string of the molecule is CCC(C(=O)NCc1ccnc(N)c1)N(c1cc(C(F)(F)F)ccc1Cl)S(=O)(=O)c1ccc(Cl)cc1. The van der Waals surface area contributed by atoms with Crippen LogP contribution >= 0.6 is 23.2 Å². The predicted octanol–water partition coefficient (Wildman–Crippen LogP) is 5.28. The predicted molar refractivity (Wildman–Crippen MR) is 132 cm³/mol. The number of alkyl halides is 3. The van der Waals surface area contributed by atoms with Crippen LogP contribution in [-0.2, 0) is 27.5 Å². The number of nitrogen functional groups attached to an aromatic ring is 1. The van der Waals surface area contributed by atoms with E-state index in [0.29, 0.717) is 15.9 Å². The van der Waals surface area contributed by atoms with Crippen LogP contribution < -0.4 is 15.4 Å². The molecule has 1 unspecified atom stereocenters. The van der Waals surface area contributed by atoms with Crippen LogP contribution in [0.5, 0.6) is 0 Å². The van der Waals surface area contributed by atoms with Crippen LogP contribution in [0.1, 0.15) is 24.5 Å². The van der Waals surface area contributed by atoms with Gasteiger partial charge in [0.15, 0.2) is 0 Å². The quantitative estimate of drug-likeness (QED) is 0.390. The molecule has 7 nitrogen and oxygen atoms in total. The van der Waals surface area contributed by atoms with Gasteiger partial charge in [-0.05, 0) is 66.6 Å². The second-order valence-corrected chi connectivity index (χ2v) is 10.3. The van der Waals surface area contributed by atoms with Gasteiger partial charge in [0.2, 0.25) is 5.91 Å². The molecule has 36 heavy (non-hydrogen) atoms. The zero-order valence-electron chi connectivity index (χ0n) is 18.8. The van der Waals surface area contributed by atoms with Crippen LogP contribution in [0, 0.1) is 0 Å². The van der Waals surface area contributed by atoms with E-state index >= 15 is 0 Å². The number of hydrogen-bond acceptors (Lipinski definition) is 5. The van der Waals surface area contributed by atoms with Gasteiger partial charge in [0.25, 0.3) is 10.0 Å². The van der Waals surface area contributed by atoms with E-state index in [1.165, 1.54) is 43.5 Å². The number of pyridine rings is 1. The number of carbonyl (C=O) groups is 1. The van der Waals surface area contributed by atoms with E-state index in [1.54, 1.807) is 6.07 Å². The first-order chi connectivity index (χ1) is 16.8. The van der Waals surface area contributed by atoms with Crippen molar-refractivity contribution < 1.29 is 26.4 Å². The number of sulfonamides is 1. The molecule has 13 heteroatoms. The van der Waals surface area contributed by atoms with Gasteiger partial charge < -0.3 is 11.1 Å². The number of nitrogens with one attached hydrogen (secondary N) is 1. The summed E-state index contributed by atoms with van der Waals surface area (Å²) in [4.78, 5) is 16.8. The maximum Gasteiger partial charge on any atom is 0.416 e. The molecule has 0 saturated heterocycles. The van der Waals surface area contributed by atoms with Crippen molar-refractivity contribution >= 4 is 50.6 Å². The largest absolute Gasteiger partial charge is 0.416 e. The van der Waals surface area contributed by atoms with Crippen LogP contribution in [0.25, 0.3) is 0 Å². The van der Waals surface area contributed by atoms with Crippen LogP contribution in [0.2, 0.25) is 10.0 Å². The number of nitrogens with zero attached hydrogens (tertiary/aromatic N) is 2. The summed E-state index contributed by atoms with van der Waals surface area (Å²) in [5.41, 5.74) is 4.62. The first-order valence-electron chi connectivity index (χ1n) is 10.5. The molecule has 0 fully saturated rings. The minimum absolute atomic E-state index is 0.0206. The first kappa shape index (κ1) is 27.6. The standard InChI is InChI=1S/C23H21Cl2F3N4O3S/c1-2-19(22(33)31-13-14-9-10-30-21(29)11-14)32(36(34,35)17-6-4-16(24)5-7-17)20-12-15(23(26,27)28)3-8-18(20)25/h3-12,19H,2,13H2,1H3,(H2,29,30)(H,31,33). The van der Waals surface area contributed by atoms with Crippen LogP contribution in [0.3, 0.4) is 0 Å². The smallest absolute Gasteiger partial charge is 0.384 e. The van der Waals surface area contributed by atoms with Crippen molar-refractivity contribution in [3.05, 3.63) is 82.0 Å². The molecule has 0 aliphatic carbocycles. The van der Waals surface area contributed by atoms with Crippen molar-refractivity contribution in [1.82, 2.24) is 10.3 Å². The van der Waals surface area contributed by atoms with Crippen LogP contribution in [0.4, 0.5) is 24.7 Å². The molecule has 0 radical (unpaired) electrons. The van der Waals surface area contributed by atoms with Crippen molar-refractivity contribution in [2.75, 3.05) is 10.0 Å². The average molecular weight is 561 g/mol. The third kappa shape index (κ3) is 6.21. The highest BCUT2D eigenvalue weighted by Crippen LogP contribution is 2.39. The number of benzene rings is 2. The molecule has 0 spiro atoms. The third-order valence-corrected chi connectivity index (χ3v) is 7.57. The maximum absolute atomic E-state index is 13.7. The van der Waals surface area contributed by atoms with Gasteiger partial charge in [-0.1, -0.05) is 30.1 Å². The lowest BCUT2D eigenvalue weighted by molar-refractivity contribution is -0.137. The van der Waals surface area contributed by atoms with E-state index in [0.717, 1.165) is 12.1 Å². The molecule has 0 saturated carbocycles. The van der Waals surface area contributed by atoms with Gasteiger partial charge in [0, 0.05) is 17.8 Å². The number of hydrogen-bond donors (Lipinski definition) is 2. The Morgan fingerprint density at radius 2 is 1.78 bits per heavy atom. The van der Waals surface area contributed by atoms with Gasteiger partial charge in [-0.15, -0.1) is 0 Å². The van der Waals surface area contributed by atoms with E-state index in [2.05, 4.69) is 10.3 Å². The Morgan fingerprint density at radius 1 is 1.11 bits per heavy atom. The molecular weight excluding hydrogens is 540 g/mol. The number of amides is 1. The molecule has 1 aromatic heterocycles. The van der Waals surface area contributed by atoms with E-state index in [9.17, 15) is 26.4 Å². The second kappa shape index (κ2) is 10.9. The molecular formula is C23H21Cl2F3N4O3S. The minimum atomic E-state index is -4.78. The lowest BCUT2D eigenvalue weighted by Crippen LogP contribution is -2.49. The van der Waals surface area contributed by atoms with Crippen molar-refractivity contribution in [3.8, 4) is 0 Å². The second-order valence-electron chi connectivity index (χ2n) is 7.65. The molecule has 0 aliphatic rings. The van der Waals surface area contributed by atoms with Gasteiger partial charge >= 0.3 is 6.18 Å². The fourth-order valence-corrected chi connectivity index (χ4v) is 5.49. The highest BCUT2D eigenvalue weighted by Gasteiger charge is 2.38. The molecule has 0 aliphatic heterocycles. The summed E-state index contributed by atoms with van der Waals surface area (Å²) >= 11 is 12.1. The molecule has 2 aromatic carbocycles. The van der Waals surface area contributed by atoms with Crippen molar-refractivity contribution in [2.45, 2.75) is 37.0 Å². The number of rotatable bonds is 8. The normalized spacial score (nSPS) is 12.7. The summed E-state index contributed by atoms with van der Waals surface area (Å²) < 4.78 is 68.5. The van der Waals surface area contributed by atoms with E-state index in [4.69, 9.17) is 28.9 Å². The number of nitrogens with two attached hydrogens (primary N) is 1. The van der Waals surface area contributed by atoms with Gasteiger partial charge in [0.1, 0.15) is 11.9 Å². The minimum Gasteiger partial charge on any atom is -0.384 e. The van der Waals surface area contributed by atoms with Crippen molar-refractivity contribution in [1.29, 1.82) is 0 Å².